The third-order valence-electron chi connectivity index (χ3n) is 2.93. The average Bonchev–Trinajstić information content (AvgIpc) is 2.35. The minimum Gasteiger partial charge on any atom is -0.388 e. The van der Waals surface area contributed by atoms with Crippen LogP contribution in [0.15, 0.2) is 18.2 Å². The van der Waals surface area contributed by atoms with Crippen LogP contribution in [0.2, 0.25) is 0 Å². The lowest BCUT2D eigenvalue weighted by atomic mass is 10.0. The molecule has 0 spiro atoms. The van der Waals surface area contributed by atoms with Gasteiger partial charge in [-0.05, 0) is 25.5 Å². The number of nitro groups is 1. The number of rotatable bonds is 7. The van der Waals surface area contributed by atoms with Crippen molar-refractivity contribution in [1.29, 1.82) is 0 Å². The van der Waals surface area contributed by atoms with Crippen LogP contribution in [0, 0.1) is 17.0 Å². The fourth-order valence-electron chi connectivity index (χ4n) is 1.66. The second kappa shape index (κ2) is 6.49. The smallest absolute Gasteiger partial charge is 0.269 e. The van der Waals surface area contributed by atoms with Gasteiger partial charge in [-0.1, -0.05) is 0 Å². The van der Waals surface area contributed by atoms with Gasteiger partial charge in [0, 0.05) is 44.5 Å². The van der Waals surface area contributed by atoms with Gasteiger partial charge in [0.15, 0.2) is 0 Å². The maximum atomic E-state index is 10.6. The lowest BCUT2D eigenvalue weighted by Crippen LogP contribution is -2.34. The fourth-order valence-corrected chi connectivity index (χ4v) is 1.66. The van der Waals surface area contributed by atoms with E-state index in [1.165, 1.54) is 12.1 Å². The van der Waals surface area contributed by atoms with Crippen molar-refractivity contribution in [3.05, 3.63) is 33.9 Å². The normalized spacial score (nSPS) is 13.9. The molecule has 1 rings (SSSR count). The largest absolute Gasteiger partial charge is 0.388 e. The number of non-ortho nitro benzene ring substituents is 1. The van der Waals surface area contributed by atoms with Crippen LogP contribution >= 0.6 is 0 Å². The van der Waals surface area contributed by atoms with Crippen LogP contribution in [-0.4, -0.2) is 35.9 Å². The minimum absolute atomic E-state index is 0.0641. The first-order chi connectivity index (χ1) is 8.85. The van der Waals surface area contributed by atoms with E-state index in [9.17, 15) is 15.2 Å². The zero-order valence-electron chi connectivity index (χ0n) is 11.5. The second-order valence-electron chi connectivity index (χ2n) is 4.85. The maximum Gasteiger partial charge on any atom is 0.269 e. The lowest BCUT2D eigenvalue weighted by molar-refractivity contribution is -0.384. The summed E-state index contributed by atoms with van der Waals surface area (Å²) in [4.78, 5) is 10.2. The van der Waals surface area contributed by atoms with Gasteiger partial charge in [0.2, 0.25) is 0 Å². The molecule has 106 valence electrons. The Kier molecular flexibility index (Phi) is 5.26. The molecular formula is C13H20N2O4. The molecule has 0 aromatic heterocycles. The van der Waals surface area contributed by atoms with Crippen molar-refractivity contribution >= 4 is 11.4 Å². The Morgan fingerprint density at radius 2 is 2.21 bits per heavy atom. The molecule has 0 heterocycles. The Hall–Kier alpha value is -1.66. The molecule has 0 saturated carbocycles. The summed E-state index contributed by atoms with van der Waals surface area (Å²) in [6.07, 6.45) is 0.516. The molecule has 0 bridgehead atoms. The van der Waals surface area contributed by atoms with Crippen LogP contribution in [0.1, 0.15) is 18.9 Å². The molecular weight excluding hydrogens is 248 g/mol. The van der Waals surface area contributed by atoms with Gasteiger partial charge in [-0.15, -0.1) is 0 Å². The number of hydrogen-bond donors (Lipinski definition) is 2. The Bertz CT molecular complexity index is 446. The third kappa shape index (κ3) is 4.84. The summed E-state index contributed by atoms with van der Waals surface area (Å²) in [6.45, 7) is 4.35. The van der Waals surface area contributed by atoms with E-state index in [2.05, 4.69) is 5.32 Å². The molecule has 0 fully saturated rings. The zero-order valence-corrected chi connectivity index (χ0v) is 11.5. The monoisotopic (exact) mass is 268 g/mol. The highest BCUT2D eigenvalue weighted by molar-refractivity contribution is 5.55. The van der Waals surface area contributed by atoms with E-state index in [-0.39, 0.29) is 5.69 Å². The summed E-state index contributed by atoms with van der Waals surface area (Å²) < 4.78 is 4.93. The number of aryl methyl sites for hydroxylation is 1. The number of benzene rings is 1. The van der Waals surface area contributed by atoms with Gasteiger partial charge in [0.1, 0.15) is 0 Å². The predicted molar refractivity (Wildman–Crippen MR) is 73.4 cm³/mol. The van der Waals surface area contributed by atoms with Crippen LogP contribution in [0.4, 0.5) is 11.4 Å². The number of nitro benzene ring substituents is 1. The van der Waals surface area contributed by atoms with E-state index in [4.69, 9.17) is 4.74 Å². The number of ether oxygens (including phenoxy) is 1. The van der Waals surface area contributed by atoms with Crippen molar-refractivity contribution in [3.8, 4) is 0 Å². The maximum absolute atomic E-state index is 10.6. The topological polar surface area (TPSA) is 84.6 Å². The molecule has 0 aliphatic heterocycles. The van der Waals surface area contributed by atoms with E-state index in [1.807, 2.05) is 0 Å². The van der Waals surface area contributed by atoms with Gasteiger partial charge in [0.25, 0.3) is 5.69 Å². The minimum atomic E-state index is -0.885. The van der Waals surface area contributed by atoms with Gasteiger partial charge in [-0.3, -0.25) is 10.1 Å². The Balaban J connectivity index is 2.65. The summed E-state index contributed by atoms with van der Waals surface area (Å²) in [5, 5.41) is 23.8. The van der Waals surface area contributed by atoms with Gasteiger partial charge in [-0.25, -0.2) is 0 Å². The van der Waals surface area contributed by atoms with Gasteiger partial charge >= 0.3 is 0 Å². The van der Waals surface area contributed by atoms with Crippen molar-refractivity contribution in [1.82, 2.24) is 0 Å². The van der Waals surface area contributed by atoms with Gasteiger partial charge < -0.3 is 15.2 Å². The molecule has 6 heteroatoms. The number of nitrogens with one attached hydrogen (secondary N) is 1. The zero-order chi connectivity index (χ0) is 14.5. The van der Waals surface area contributed by atoms with Crippen molar-refractivity contribution in [3.63, 3.8) is 0 Å². The summed E-state index contributed by atoms with van der Waals surface area (Å²) in [5.74, 6) is 0. The van der Waals surface area contributed by atoms with Crippen LogP contribution in [0.25, 0.3) is 0 Å². The molecule has 0 saturated heterocycles. The molecule has 1 atom stereocenters. The number of methoxy groups -OCH3 is 1. The SMILES string of the molecule is COCCC(C)(O)CNc1ccc([N+](=O)[O-])cc1C. The van der Waals surface area contributed by atoms with Gasteiger partial charge in [-0.2, -0.15) is 0 Å². The molecule has 0 amide bonds. The molecule has 1 unspecified atom stereocenters. The second-order valence-corrected chi connectivity index (χ2v) is 4.85. The molecule has 0 aliphatic rings. The van der Waals surface area contributed by atoms with E-state index >= 15 is 0 Å². The summed E-state index contributed by atoms with van der Waals surface area (Å²) in [6, 6.07) is 4.60. The number of anilines is 1. The van der Waals surface area contributed by atoms with Crippen LogP contribution in [0.3, 0.4) is 0 Å². The Labute approximate surface area is 112 Å². The molecule has 2 N–H and O–H groups in total. The van der Waals surface area contributed by atoms with E-state index in [0.29, 0.717) is 19.6 Å². The van der Waals surface area contributed by atoms with Crippen LogP contribution < -0.4 is 5.32 Å². The van der Waals surface area contributed by atoms with E-state index < -0.39 is 10.5 Å². The first kappa shape index (κ1) is 15.4. The Morgan fingerprint density at radius 3 is 2.74 bits per heavy atom. The fraction of sp³-hybridized carbons (Fsp3) is 0.538. The highest BCUT2D eigenvalue weighted by Gasteiger charge is 2.20. The lowest BCUT2D eigenvalue weighted by Gasteiger charge is -2.24. The molecule has 0 aliphatic carbocycles. The van der Waals surface area contributed by atoms with E-state index in [0.717, 1.165) is 11.3 Å². The quantitative estimate of drug-likeness (QED) is 0.584. The molecule has 19 heavy (non-hydrogen) atoms. The molecule has 1 aromatic rings. The summed E-state index contributed by atoms with van der Waals surface area (Å²) in [7, 11) is 1.59. The van der Waals surface area contributed by atoms with Crippen molar-refractivity contribution in [2.75, 3.05) is 25.6 Å². The number of hydrogen-bond acceptors (Lipinski definition) is 5. The van der Waals surface area contributed by atoms with Gasteiger partial charge in [0.05, 0.1) is 10.5 Å². The van der Waals surface area contributed by atoms with Crippen molar-refractivity contribution in [2.45, 2.75) is 25.9 Å². The first-order valence-electron chi connectivity index (χ1n) is 6.06. The first-order valence-corrected chi connectivity index (χ1v) is 6.06. The Morgan fingerprint density at radius 1 is 1.53 bits per heavy atom. The third-order valence-corrected chi connectivity index (χ3v) is 2.93. The van der Waals surface area contributed by atoms with Crippen LogP contribution in [0.5, 0.6) is 0 Å². The average molecular weight is 268 g/mol. The highest BCUT2D eigenvalue weighted by Crippen LogP contribution is 2.22. The number of nitrogens with zero attached hydrogens (tertiary/aromatic N) is 1. The summed E-state index contributed by atoms with van der Waals surface area (Å²) in [5.41, 5.74) is 0.735. The molecule has 0 radical (unpaired) electrons. The number of aliphatic hydroxyl groups is 1. The van der Waals surface area contributed by atoms with Crippen molar-refractivity contribution in [2.24, 2.45) is 0 Å². The molecule has 1 aromatic carbocycles. The predicted octanol–water partition coefficient (Wildman–Crippen LogP) is 2.10. The molecule has 6 nitrogen and oxygen atoms in total. The standard InChI is InChI=1S/C13H20N2O4/c1-10-8-11(15(17)18)4-5-12(10)14-9-13(2,16)6-7-19-3/h4-5,8,14,16H,6-7,9H2,1-3H3. The van der Waals surface area contributed by atoms with Crippen molar-refractivity contribution < 1.29 is 14.8 Å². The summed E-state index contributed by atoms with van der Waals surface area (Å²) >= 11 is 0. The van der Waals surface area contributed by atoms with Crippen LogP contribution in [-0.2, 0) is 4.74 Å². The van der Waals surface area contributed by atoms with E-state index in [1.54, 1.807) is 27.0 Å². The highest BCUT2D eigenvalue weighted by atomic mass is 16.6.